The predicted octanol–water partition coefficient (Wildman–Crippen LogP) is 1.76. The first-order valence-corrected chi connectivity index (χ1v) is 6.02. The standard InChI is InChI=1S/C13H19FN2O/c1-16-4-2-12(3-5-16)17-13-7-10(9-15)6-11(14)8-13/h6-8,12H,2-5,9,15H2,1H3. The van der Waals surface area contributed by atoms with Crippen LogP contribution >= 0.6 is 0 Å². The highest BCUT2D eigenvalue weighted by atomic mass is 19.1. The van der Waals surface area contributed by atoms with E-state index in [4.69, 9.17) is 10.5 Å². The average molecular weight is 238 g/mol. The van der Waals surface area contributed by atoms with Gasteiger partial charge in [0.2, 0.25) is 0 Å². The molecule has 1 aromatic carbocycles. The minimum Gasteiger partial charge on any atom is -0.490 e. The summed E-state index contributed by atoms with van der Waals surface area (Å²) in [4.78, 5) is 2.27. The maximum atomic E-state index is 13.3. The zero-order chi connectivity index (χ0) is 12.3. The Hall–Kier alpha value is -1.13. The molecular formula is C13H19FN2O. The van der Waals surface area contributed by atoms with E-state index in [2.05, 4.69) is 11.9 Å². The quantitative estimate of drug-likeness (QED) is 0.872. The molecule has 0 spiro atoms. The molecule has 4 heteroatoms. The Labute approximate surface area is 101 Å². The molecule has 0 bridgehead atoms. The van der Waals surface area contributed by atoms with Crippen LogP contribution in [0.5, 0.6) is 5.75 Å². The highest BCUT2D eigenvalue weighted by molar-refractivity contribution is 5.29. The van der Waals surface area contributed by atoms with Gasteiger partial charge in [-0.05, 0) is 37.6 Å². The summed E-state index contributed by atoms with van der Waals surface area (Å²) in [5.41, 5.74) is 6.28. The number of nitrogens with zero attached hydrogens (tertiary/aromatic N) is 1. The molecule has 1 aliphatic heterocycles. The van der Waals surface area contributed by atoms with Crippen molar-refractivity contribution in [3.63, 3.8) is 0 Å². The molecule has 0 atom stereocenters. The van der Waals surface area contributed by atoms with Crippen LogP contribution in [0.25, 0.3) is 0 Å². The molecule has 2 rings (SSSR count). The van der Waals surface area contributed by atoms with E-state index in [1.807, 2.05) is 6.07 Å². The van der Waals surface area contributed by atoms with Crippen LogP contribution in [0.4, 0.5) is 4.39 Å². The summed E-state index contributed by atoms with van der Waals surface area (Å²) in [5, 5.41) is 0. The molecule has 1 aromatic rings. The van der Waals surface area contributed by atoms with Crippen LogP contribution in [0.1, 0.15) is 18.4 Å². The van der Waals surface area contributed by atoms with Gasteiger partial charge in [0.25, 0.3) is 0 Å². The first-order chi connectivity index (χ1) is 8.17. The maximum absolute atomic E-state index is 13.3. The zero-order valence-electron chi connectivity index (χ0n) is 10.2. The highest BCUT2D eigenvalue weighted by Crippen LogP contribution is 2.21. The fourth-order valence-electron chi connectivity index (χ4n) is 2.10. The van der Waals surface area contributed by atoms with Gasteiger partial charge >= 0.3 is 0 Å². The summed E-state index contributed by atoms with van der Waals surface area (Å²) in [5.74, 6) is 0.316. The van der Waals surface area contributed by atoms with E-state index >= 15 is 0 Å². The number of halogens is 1. The van der Waals surface area contributed by atoms with Crippen molar-refractivity contribution >= 4 is 0 Å². The van der Waals surface area contributed by atoms with Crippen LogP contribution in [-0.4, -0.2) is 31.1 Å². The molecule has 1 heterocycles. The van der Waals surface area contributed by atoms with Crippen molar-refractivity contribution in [3.8, 4) is 5.75 Å². The number of piperidine rings is 1. The second-order valence-electron chi connectivity index (χ2n) is 4.62. The van der Waals surface area contributed by atoms with E-state index in [-0.39, 0.29) is 11.9 Å². The summed E-state index contributed by atoms with van der Waals surface area (Å²) in [6.07, 6.45) is 2.18. The number of hydrogen-bond donors (Lipinski definition) is 1. The van der Waals surface area contributed by atoms with E-state index in [1.54, 1.807) is 0 Å². The molecule has 0 saturated carbocycles. The van der Waals surface area contributed by atoms with Crippen molar-refractivity contribution < 1.29 is 9.13 Å². The van der Waals surface area contributed by atoms with Gasteiger partial charge in [-0.2, -0.15) is 0 Å². The number of benzene rings is 1. The Balaban J connectivity index is 2.00. The lowest BCUT2D eigenvalue weighted by atomic mass is 10.1. The Bertz CT molecular complexity index is 376. The molecule has 0 aromatic heterocycles. The summed E-state index contributed by atoms with van der Waals surface area (Å²) in [6.45, 7) is 2.40. The largest absolute Gasteiger partial charge is 0.490 e. The Kier molecular flexibility index (Phi) is 3.97. The van der Waals surface area contributed by atoms with Gasteiger partial charge in [-0.1, -0.05) is 0 Å². The predicted molar refractivity (Wildman–Crippen MR) is 65.4 cm³/mol. The lowest BCUT2D eigenvalue weighted by Crippen LogP contribution is -2.35. The van der Waals surface area contributed by atoms with E-state index in [0.29, 0.717) is 12.3 Å². The smallest absolute Gasteiger partial charge is 0.127 e. The molecular weight excluding hydrogens is 219 g/mol. The van der Waals surface area contributed by atoms with Crippen molar-refractivity contribution in [2.75, 3.05) is 20.1 Å². The van der Waals surface area contributed by atoms with Gasteiger partial charge in [-0.15, -0.1) is 0 Å². The third-order valence-electron chi connectivity index (χ3n) is 3.14. The van der Waals surface area contributed by atoms with Crippen LogP contribution in [0.3, 0.4) is 0 Å². The van der Waals surface area contributed by atoms with Crippen LogP contribution in [-0.2, 0) is 6.54 Å². The molecule has 2 N–H and O–H groups in total. The molecule has 0 unspecified atom stereocenters. The van der Waals surface area contributed by atoms with Gasteiger partial charge in [-0.3, -0.25) is 0 Å². The number of ether oxygens (including phenoxy) is 1. The van der Waals surface area contributed by atoms with E-state index in [1.165, 1.54) is 12.1 Å². The SMILES string of the molecule is CN1CCC(Oc2cc(F)cc(CN)c2)CC1. The average Bonchev–Trinajstić information content (AvgIpc) is 2.31. The Morgan fingerprint density at radius 1 is 1.35 bits per heavy atom. The molecule has 1 fully saturated rings. The third kappa shape index (κ3) is 3.41. The Morgan fingerprint density at radius 2 is 2.06 bits per heavy atom. The van der Waals surface area contributed by atoms with Crippen molar-refractivity contribution in [1.29, 1.82) is 0 Å². The van der Waals surface area contributed by atoms with Crippen molar-refractivity contribution in [1.82, 2.24) is 4.90 Å². The monoisotopic (exact) mass is 238 g/mol. The summed E-state index contributed by atoms with van der Waals surface area (Å²) in [7, 11) is 2.10. The van der Waals surface area contributed by atoms with E-state index in [9.17, 15) is 4.39 Å². The van der Waals surface area contributed by atoms with Gasteiger partial charge in [0.1, 0.15) is 17.7 Å². The first-order valence-electron chi connectivity index (χ1n) is 6.02. The summed E-state index contributed by atoms with van der Waals surface area (Å²) in [6, 6.07) is 4.69. The molecule has 0 amide bonds. The Morgan fingerprint density at radius 3 is 2.71 bits per heavy atom. The molecule has 1 aliphatic rings. The maximum Gasteiger partial charge on any atom is 0.127 e. The first kappa shape index (κ1) is 12.3. The minimum absolute atomic E-state index is 0.193. The van der Waals surface area contributed by atoms with E-state index < -0.39 is 0 Å². The number of rotatable bonds is 3. The fraction of sp³-hybridized carbons (Fsp3) is 0.538. The lowest BCUT2D eigenvalue weighted by molar-refractivity contribution is 0.114. The van der Waals surface area contributed by atoms with Crippen molar-refractivity contribution in [3.05, 3.63) is 29.6 Å². The van der Waals surface area contributed by atoms with Crippen molar-refractivity contribution in [2.24, 2.45) is 5.73 Å². The molecule has 94 valence electrons. The van der Waals surface area contributed by atoms with Gasteiger partial charge in [0, 0.05) is 25.7 Å². The molecule has 0 aliphatic carbocycles. The van der Waals surface area contributed by atoms with Crippen LogP contribution < -0.4 is 10.5 Å². The normalized spacial score (nSPS) is 18.3. The summed E-state index contributed by atoms with van der Waals surface area (Å²) >= 11 is 0. The van der Waals surface area contributed by atoms with Crippen LogP contribution in [0, 0.1) is 5.82 Å². The van der Waals surface area contributed by atoms with Gasteiger partial charge in [-0.25, -0.2) is 4.39 Å². The zero-order valence-corrected chi connectivity index (χ0v) is 10.2. The highest BCUT2D eigenvalue weighted by Gasteiger charge is 2.18. The number of hydrogen-bond acceptors (Lipinski definition) is 3. The molecule has 0 radical (unpaired) electrons. The van der Waals surface area contributed by atoms with Crippen LogP contribution in [0.15, 0.2) is 18.2 Å². The van der Waals surface area contributed by atoms with Gasteiger partial charge < -0.3 is 15.4 Å². The third-order valence-corrected chi connectivity index (χ3v) is 3.14. The molecule has 1 saturated heterocycles. The van der Waals surface area contributed by atoms with Crippen LogP contribution in [0.2, 0.25) is 0 Å². The summed E-state index contributed by atoms with van der Waals surface area (Å²) < 4.78 is 19.1. The molecule has 3 nitrogen and oxygen atoms in total. The lowest BCUT2D eigenvalue weighted by Gasteiger charge is -2.29. The van der Waals surface area contributed by atoms with E-state index in [0.717, 1.165) is 31.5 Å². The van der Waals surface area contributed by atoms with Gasteiger partial charge in [0.15, 0.2) is 0 Å². The second-order valence-corrected chi connectivity index (χ2v) is 4.62. The number of likely N-dealkylation sites (tertiary alicyclic amines) is 1. The number of nitrogens with two attached hydrogens (primary N) is 1. The fourth-order valence-corrected chi connectivity index (χ4v) is 2.10. The molecule has 17 heavy (non-hydrogen) atoms. The van der Waals surface area contributed by atoms with Gasteiger partial charge in [0.05, 0.1) is 0 Å². The minimum atomic E-state index is -0.282. The topological polar surface area (TPSA) is 38.5 Å². The van der Waals surface area contributed by atoms with Crippen molar-refractivity contribution in [2.45, 2.75) is 25.5 Å². The second kappa shape index (κ2) is 5.47.